The van der Waals surface area contributed by atoms with Crippen molar-refractivity contribution in [1.29, 1.82) is 0 Å². The molecule has 0 bridgehead atoms. The second kappa shape index (κ2) is 9.03. The van der Waals surface area contributed by atoms with Crippen molar-refractivity contribution < 1.29 is 14.7 Å². The van der Waals surface area contributed by atoms with Crippen molar-refractivity contribution in [2.24, 2.45) is 0 Å². The van der Waals surface area contributed by atoms with Crippen LogP contribution in [0, 0.1) is 13.8 Å². The molecule has 1 aromatic rings. The molecule has 144 valence electrons. The van der Waals surface area contributed by atoms with Gasteiger partial charge in [-0.05, 0) is 58.2 Å². The molecule has 1 aliphatic rings. The van der Waals surface area contributed by atoms with Crippen LogP contribution < -0.4 is 5.32 Å². The van der Waals surface area contributed by atoms with Crippen LogP contribution >= 0.6 is 0 Å². The zero-order chi connectivity index (χ0) is 19.3. The van der Waals surface area contributed by atoms with E-state index in [1.165, 1.54) is 11.1 Å². The molecule has 0 saturated carbocycles. The molecule has 0 radical (unpaired) electrons. The molecule has 0 aromatic heterocycles. The number of hydrogen-bond acceptors (Lipinski definition) is 3. The first kappa shape index (κ1) is 20.2. The fraction of sp³-hybridized carbons (Fsp3) is 0.600. The van der Waals surface area contributed by atoms with E-state index in [0.29, 0.717) is 13.1 Å². The zero-order valence-corrected chi connectivity index (χ0v) is 16.3. The van der Waals surface area contributed by atoms with E-state index < -0.39 is 5.97 Å². The van der Waals surface area contributed by atoms with Crippen molar-refractivity contribution in [2.75, 3.05) is 26.7 Å². The Labute approximate surface area is 156 Å². The molecule has 1 aliphatic heterocycles. The lowest BCUT2D eigenvalue weighted by Gasteiger charge is -2.26. The van der Waals surface area contributed by atoms with Crippen LogP contribution in [0.15, 0.2) is 18.2 Å². The van der Waals surface area contributed by atoms with E-state index in [1.54, 1.807) is 0 Å². The van der Waals surface area contributed by atoms with Gasteiger partial charge >= 0.3 is 12.0 Å². The van der Waals surface area contributed by atoms with Gasteiger partial charge in [-0.1, -0.05) is 23.8 Å². The number of carbonyl (C=O) groups is 2. The van der Waals surface area contributed by atoms with Gasteiger partial charge in [0.15, 0.2) is 0 Å². The summed E-state index contributed by atoms with van der Waals surface area (Å²) in [6, 6.07) is 6.40. The Balaban J connectivity index is 1.92. The summed E-state index contributed by atoms with van der Waals surface area (Å²) in [4.78, 5) is 27.3. The lowest BCUT2D eigenvalue weighted by Crippen LogP contribution is -2.42. The summed E-state index contributed by atoms with van der Waals surface area (Å²) in [6.07, 6.45) is 2.61. The monoisotopic (exact) mass is 361 g/mol. The average Bonchev–Trinajstić information content (AvgIpc) is 2.80. The van der Waals surface area contributed by atoms with Gasteiger partial charge in [0.25, 0.3) is 0 Å². The SMILES string of the molecule is Cc1ccc(C(C)NC(=O)N2CCCC(N(C)CC(=O)O)CC2)c(C)c1. The molecule has 2 unspecified atom stereocenters. The lowest BCUT2D eigenvalue weighted by atomic mass is 10.0. The highest BCUT2D eigenvalue weighted by Gasteiger charge is 2.25. The van der Waals surface area contributed by atoms with Crippen LogP contribution in [0.5, 0.6) is 0 Å². The molecular weight excluding hydrogens is 330 g/mol. The Kier molecular flexibility index (Phi) is 7.03. The van der Waals surface area contributed by atoms with Gasteiger partial charge < -0.3 is 15.3 Å². The number of rotatable bonds is 5. The van der Waals surface area contributed by atoms with Crippen molar-refractivity contribution in [3.05, 3.63) is 34.9 Å². The number of urea groups is 1. The van der Waals surface area contributed by atoms with E-state index in [0.717, 1.165) is 24.8 Å². The standard InChI is InChI=1S/C20H31N3O3/c1-14-7-8-18(15(2)12-14)16(3)21-20(26)23-10-5-6-17(9-11-23)22(4)13-19(24)25/h7-8,12,16-17H,5-6,9-11,13H2,1-4H3,(H,21,26)(H,24,25). The number of carbonyl (C=O) groups excluding carboxylic acids is 1. The number of nitrogens with zero attached hydrogens (tertiary/aromatic N) is 2. The molecule has 0 spiro atoms. The predicted molar refractivity (Wildman–Crippen MR) is 102 cm³/mol. The minimum atomic E-state index is -0.811. The topological polar surface area (TPSA) is 72.9 Å². The number of carboxylic acids is 1. The third-order valence-corrected chi connectivity index (χ3v) is 5.22. The first-order chi connectivity index (χ1) is 12.3. The molecular formula is C20H31N3O3. The number of carboxylic acid groups (broad SMARTS) is 1. The molecule has 0 aliphatic carbocycles. The van der Waals surface area contributed by atoms with E-state index >= 15 is 0 Å². The number of hydrogen-bond donors (Lipinski definition) is 2. The molecule has 1 fully saturated rings. The van der Waals surface area contributed by atoms with E-state index in [9.17, 15) is 9.59 Å². The average molecular weight is 361 g/mol. The molecule has 2 rings (SSSR count). The van der Waals surface area contributed by atoms with E-state index in [-0.39, 0.29) is 24.7 Å². The van der Waals surface area contributed by atoms with Crippen LogP contribution in [-0.2, 0) is 4.79 Å². The van der Waals surface area contributed by atoms with Gasteiger partial charge in [-0.15, -0.1) is 0 Å². The predicted octanol–water partition coefficient (Wildman–Crippen LogP) is 2.94. The van der Waals surface area contributed by atoms with E-state index in [2.05, 4.69) is 37.4 Å². The van der Waals surface area contributed by atoms with Gasteiger partial charge in [0, 0.05) is 19.1 Å². The first-order valence-electron chi connectivity index (χ1n) is 9.32. The van der Waals surface area contributed by atoms with Gasteiger partial charge in [0.05, 0.1) is 12.6 Å². The molecule has 2 N–H and O–H groups in total. The van der Waals surface area contributed by atoms with E-state index in [4.69, 9.17) is 5.11 Å². The summed E-state index contributed by atoms with van der Waals surface area (Å²) in [5.74, 6) is -0.811. The number of likely N-dealkylation sites (N-methyl/N-ethyl adjacent to an activating group) is 1. The van der Waals surface area contributed by atoms with Crippen LogP contribution in [0.2, 0.25) is 0 Å². The summed E-state index contributed by atoms with van der Waals surface area (Å²) in [6.45, 7) is 7.55. The van der Waals surface area contributed by atoms with E-state index in [1.807, 2.05) is 23.8 Å². The number of aryl methyl sites for hydroxylation is 2. The summed E-state index contributed by atoms with van der Waals surface area (Å²) >= 11 is 0. The Morgan fingerprint density at radius 2 is 2.04 bits per heavy atom. The lowest BCUT2D eigenvalue weighted by molar-refractivity contribution is -0.138. The summed E-state index contributed by atoms with van der Waals surface area (Å²) in [7, 11) is 1.84. The third-order valence-electron chi connectivity index (χ3n) is 5.22. The van der Waals surface area contributed by atoms with Gasteiger partial charge in [-0.25, -0.2) is 4.79 Å². The quantitative estimate of drug-likeness (QED) is 0.846. The molecule has 2 atom stereocenters. The summed E-state index contributed by atoms with van der Waals surface area (Å²) in [5.41, 5.74) is 3.54. The van der Waals surface area contributed by atoms with Crippen molar-refractivity contribution in [3.8, 4) is 0 Å². The molecule has 1 saturated heterocycles. The fourth-order valence-corrected chi connectivity index (χ4v) is 3.73. The van der Waals surface area contributed by atoms with Gasteiger partial charge in [0.2, 0.25) is 0 Å². The molecule has 6 heteroatoms. The Hall–Kier alpha value is -2.08. The number of aliphatic carboxylic acids is 1. The maximum absolute atomic E-state index is 12.7. The molecule has 26 heavy (non-hydrogen) atoms. The highest BCUT2D eigenvalue weighted by atomic mass is 16.4. The van der Waals surface area contributed by atoms with Crippen molar-refractivity contribution >= 4 is 12.0 Å². The number of benzene rings is 1. The molecule has 2 amide bonds. The normalized spacial score (nSPS) is 19.1. The second-order valence-corrected chi connectivity index (χ2v) is 7.41. The minimum absolute atomic E-state index is 0.0423. The third kappa shape index (κ3) is 5.46. The number of amides is 2. The highest BCUT2D eigenvalue weighted by Crippen LogP contribution is 2.20. The van der Waals surface area contributed by atoms with Gasteiger partial charge in [0.1, 0.15) is 0 Å². The molecule has 1 heterocycles. The zero-order valence-electron chi connectivity index (χ0n) is 16.3. The first-order valence-corrected chi connectivity index (χ1v) is 9.32. The van der Waals surface area contributed by atoms with Crippen LogP contribution in [-0.4, -0.2) is 59.6 Å². The Morgan fingerprint density at radius 1 is 1.31 bits per heavy atom. The van der Waals surface area contributed by atoms with Crippen molar-refractivity contribution in [2.45, 2.75) is 52.1 Å². The minimum Gasteiger partial charge on any atom is -0.480 e. The second-order valence-electron chi connectivity index (χ2n) is 7.41. The summed E-state index contributed by atoms with van der Waals surface area (Å²) < 4.78 is 0. The van der Waals surface area contributed by atoms with Crippen LogP contribution in [0.25, 0.3) is 0 Å². The maximum atomic E-state index is 12.7. The summed E-state index contributed by atoms with van der Waals surface area (Å²) in [5, 5.41) is 12.1. The van der Waals surface area contributed by atoms with Crippen LogP contribution in [0.3, 0.4) is 0 Å². The van der Waals surface area contributed by atoms with Crippen molar-refractivity contribution in [3.63, 3.8) is 0 Å². The van der Waals surface area contributed by atoms with Gasteiger partial charge in [-0.3, -0.25) is 9.69 Å². The Morgan fingerprint density at radius 3 is 2.69 bits per heavy atom. The Bertz CT molecular complexity index is 647. The number of nitrogens with one attached hydrogen (secondary N) is 1. The maximum Gasteiger partial charge on any atom is 0.317 e. The van der Waals surface area contributed by atoms with Crippen molar-refractivity contribution in [1.82, 2.24) is 15.1 Å². The fourth-order valence-electron chi connectivity index (χ4n) is 3.73. The van der Waals surface area contributed by atoms with Crippen LogP contribution in [0.1, 0.15) is 48.9 Å². The smallest absolute Gasteiger partial charge is 0.317 e. The largest absolute Gasteiger partial charge is 0.480 e. The van der Waals surface area contributed by atoms with Crippen LogP contribution in [0.4, 0.5) is 4.79 Å². The highest BCUT2D eigenvalue weighted by molar-refractivity contribution is 5.74. The number of likely N-dealkylation sites (tertiary alicyclic amines) is 1. The molecule has 6 nitrogen and oxygen atoms in total. The molecule has 1 aromatic carbocycles. The van der Waals surface area contributed by atoms with Gasteiger partial charge in [-0.2, -0.15) is 0 Å².